The minimum Gasteiger partial charge on any atom is -0.369 e. The van der Waals surface area contributed by atoms with Crippen molar-refractivity contribution in [1.82, 2.24) is 19.4 Å². The highest BCUT2D eigenvalue weighted by atomic mass is 15.3. The molecule has 176 valence electrons. The van der Waals surface area contributed by atoms with Crippen LogP contribution in [0.25, 0.3) is 22.2 Å². The summed E-state index contributed by atoms with van der Waals surface area (Å²) >= 11 is 0. The zero-order valence-corrected chi connectivity index (χ0v) is 20.8. The molecule has 1 aliphatic rings. The molecule has 1 fully saturated rings. The number of hydrogen-bond acceptors (Lipinski definition) is 5. The van der Waals surface area contributed by atoms with Gasteiger partial charge in [-0.15, -0.1) is 0 Å². The maximum absolute atomic E-state index is 4.82. The van der Waals surface area contributed by atoms with Crippen LogP contribution in [0.1, 0.15) is 25.4 Å². The molecular weight excluding hydrogens is 420 g/mol. The minimum absolute atomic E-state index is 0.619. The van der Waals surface area contributed by atoms with E-state index in [4.69, 9.17) is 4.98 Å². The number of hydrogen-bond donors (Lipinski definition) is 1. The van der Waals surface area contributed by atoms with E-state index in [1.165, 1.54) is 16.8 Å². The number of benzene rings is 2. The molecule has 0 amide bonds. The number of aryl methyl sites for hydroxylation is 3. The lowest BCUT2D eigenvalue weighted by Gasteiger charge is -2.38. The SMILES string of the molecule is Cc1ccc(Nc2cc(-c3ccc(N4CCN(C(C)C)CC4)cc3)cc3c2nc(C)n3C)cn1. The molecule has 0 bridgehead atoms. The highest BCUT2D eigenvalue weighted by molar-refractivity contribution is 5.95. The van der Waals surface area contributed by atoms with Crippen molar-refractivity contribution < 1.29 is 0 Å². The van der Waals surface area contributed by atoms with Crippen LogP contribution in [0.2, 0.25) is 0 Å². The highest BCUT2D eigenvalue weighted by Gasteiger charge is 2.19. The molecule has 4 aromatic rings. The van der Waals surface area contributed by atoms with Gasteiger partial charge in [0.15, 0.2) is 0 Å². The van der Waals surface area contributed by atoms with Crippen molar-refractivity contribution >= 4 is 28.1 Å². The Balaban J connectivity index is 1.45. The number of nitrogens with one attached hydrogen (secondary N) is 1. The van der Waals surface area contributed by atoms with Crippen molar-refractivity contribution in [2.24, 2.45) is 7.05 Å². The molecule has 0 atom stereocenters. The van der Waals surface area contributed by atoms with Crippen LogP contribution in [0.3, 0.4) is 0 Å². The molecule has 0 aliphatic carbocycles. The quantitative estimate of drug-likeness (QED) is 0.430. The molecule has 5 rings (SSSR count). The first-order valence-corrected chi connectivity index (χ1v) is 12.2. The third-order valence-corrected chi connectivity index (χ3v) is 7.01. The van der Waals surface area contributed by atoms with Gasteiger partial charge in [0.1, 0.15) is 11.3 Å². The van der Waals surface area contributed by atoms with E-state index in [2.05, 4.69) is 88.0 Å². The molecule has 3 heterocycles. The Morgan fingerprint density at radius 2 is 1.62 bits per heavy atom. The number of imidazole rings is 1. The van der Waals surface area contributed by atoms with E-state index in [-0.39, 0.29) is 0 Å². The van der Waals surface area contributed by atoms with E-state index < -0.39 is 0 Å². The molecule has 1 saturated heterocycles. The zero-order valence-electron chi connectivity index (χ0n) is 20.8. The first kappa shape index (κ1) is 22.4. The lowest BCUT2D eigenvalue weighted by atomic mass is 10.0. The van der Waals surface area contributed by atoms with Gasteiger partial charge in [0.05, 0.1) is 23.1 Å². The molecule has 0 radical (unpaired) electrons. The second-order valence-corrected chi connectivity index (χ2v) is 9.59. The zero-order chi connectivity index (χ0) is 23.8. The van der Waals surface area contributed by atoms with Crippen LogP contribution in [0.5, 0.6) is 0 Å². The number of fused-ring (bicyclic) bond motifs is 1. The van der Waals surface area contributed by atoms with Crippen molar-refractivity contribution in [3.8, 4) is 11.1 Å². The van der Waals surface area contributed by atoms with Crippen molar-refractivity contribution in [3.63, 3.8) is 0 Å². The summed E-state index contributed by atoms with van der Waals surface area (Å²) in [6.45, 7) is 13.0. The predicted molar refractivity (Wildman–Crippen MR) is 142 cm³/mol. The second-order valence-electron chi connectivity index (χ2n) is 9.59. The lowest BCUT2D eigenvalue weighted by Crippen LogP contribution is -2.48. The summed E-state index contributed by atoms with van der Waals surface area (Å²) in [4.78, 5) is 14.3. The molecule has 6 nitrogen and oxygen atoms in total. The summed E-state index contributed by atoms with van der Waals surface area (Å²) in [6.07, 6.45) is 1.87. The molecule has 0 unspecified atom stereocenters. The fraction of sp³-hybridized carbons (Fsp3) is 0.357. The van der Waals surface area contributed by atoms with E-state index in [9.17, 15) is 0 Å². The standard InChI is InChI=1S/C28H34N6/c1-19(2)33-12-14-34(15-13-33)25-10-7-22(8-11-25)23-16-26(31-24-9-6-20(3)29-18-24)28-27(17-23)32(5)21(4)30-28/h6-11,16-19,31H,12-15H2,1-5H3. The molecule has 6 heteroatoms. The molecule has 2 aromatic heterocycles. The average Bonchev–Trinajstić information content (AvgIpc) is 3.14. The summed E-state index contributed by atoms with van der Waals surface area (Å²) in [5.74, 6) is 0.994. The summed E-state index contributed by atoms with van der Waals surface area (Å²) in [5.41, 5.74) is 8.73. The monoisotopic (exact) mass is 454 g/mol. The normalized spacial score (nSPS) is 14.8. The van der Waals surface area contributed by atoms with Gasteiger partial charge in [0.25, 0.3) is 0 Å². The Morgan fingerprint density at radius 3 is 2.26 bits per heavy atom. The number of anilines is 3. The first-order valence-electron chi connectivity index (χ1n) is 12.2. The lowest BCUT2D eigenvalue weighted by molar-refractivity contribution is 0.209. The fourth-order valence-electron chi connectivity index (χ4n) is 4.72. The Labute approximate surface area is 202 Å². The van der Waals surface area contributed by atoms with Crippen molar-refractivity contribution in [2.45, 2.75) is 33.7 Å². The summed E-state index contributed by atoms with van der Waals surface area (Å²) in [6, 6.07) is 18.1. The third-order valence-electron chi connectivity index (χ3n) is 7.01. The van der Waals surface area contributed by atoms with Gasteiger partial charge in [0.2, 0.25) is 0 Å². The van der Waals surface area contributed by atoms with Crippen LogP contribution >= 0.6 is 0 Å². The van der Waals surface area contributed by atoms with Crippen LogP contribution in [-0.2, 0) is 7.05 Å². The topological polar surface area (TPSA) is 49.2 Å². The van der Waals surface area contributed by atoms with Crippen molar-refractivity contribution in [3.05, 3.63) is 66.2 Å². The average molecular weight is 455 g/mol. The molecule has 0 saturated carbocycles. The molecule has 0 spiro atoms. The fourth-order valence-corrected chi connectivity index (χ4v) is 4.72. The van der Waals surface area contributed by atoms with E-state index in [0.29, 0.717) is 6.04 Å². The maximum Gasteiger partial charge on any atom is 0.112 e. The third kappa shape index (κ3) is 4.38. The first-order chi connectivity index (χ1) is 16.4. The van der Waals surface area contributed by atoms with E-state index in [1.807, 2.05) is 26.1 Å². The molecule has 2 aromatic carbocycles. The van der Waals surface area contributed by atoms with Crippen LogP contribution in [0.15, 0.2) is 54.7 Å². The van der Waals surface area contributed by atoms with Crippen LogP contribution in [0, 0.1) is 13.8 Å². The number of aromatic nitrogens is 3. The summed E-state index contributed by atoms with van der Waals surface area (Å²) < 4.78 is 2.15. The minimum atomic E-state index is 0.619. The van der Waals surface area contributed by atoms with E-state index in [0.717, 1.165) is 60.1 Å². The summed E-state index contributed by atoms with van der Waals surface area (Å²) in [5, 5.41) is 3.55. The van der Waals surface area contributed by atoms with Crippen LogP contribution in [-0.4, -0.2) is 51.7 Å². The van der Waals surface area contributed by atoms with Crippen molar-refractivity contribution in [2.75, 3.05) is 36.4 Å². The Hall–Kier alpha value is -3.38. The van der Waals surface area contributed by atoms with Gasteiger partial charge in [-0.05, 0) is 75.2 Å². The van der Waals surface area contributed by atoms with Crippen molar-refractivity contribution in [1.29, 1.82) is 0 Å². The highest BCUT2D eigenvalue weighted by Crippen LogP contribution is 2.33. The molecule has 34 heavy (non-hydrogen) atoms. The van der Waals surface area contributed by atoms with Gasteiger partial charge in [-0.3, -0.25) is 9.88 Å². The molecule has 1 N–H and O–H groups in total. The Morgan fingerprint density at radius 1 is 0.882 bits per heavy atom. The number of rotatable bonds is 5. The number of piperazine rings is 1. The Kier molecular flexibility index (Phi) is 6.00. The molecule has 1 aliphatic heterocycles. The van der Waals surface area contributed by atoms with E-state index in [1.54, 1.807) is 0 Å². The molecular formula is C28H34N6. The largest absolute Gasteiger partial charge is 0.369 e. The predicted octanol–water partition coefficient (Wildman–Crippen LogP) is 5.53. The van der Waals surface area contributed by atoms with E-state index >= 15 is 0 Å². The van der Waals surface area contributed by atoms with Gasteiger partial charge in [-0.25, -0.2) is 4.98 Å². The van der Waals surface area contributed by atoms with Gasteiger partial charge >= 0.3 is 0 Å². The van der Waals surface area contributed by atoms with Gasteiger partial charge in [-0.1, -0.05) is 12.1 Å². The van der Waals surface area contributed by atoms with Gasteiger partial charge < -0.3 is 14.8 Å². The number of pyridine rings is 1. The maximum atomic E-state index is 4.82. The summed E-state index contributed by atoms with van der Waals surface area (Å²) in [7, 11) is 2.07. The smallest absolute Gasteiger partial charge is 0.112 e. The second kappa shape index (κ2) is 9.11. The van der Waals surface area contributed by atoms with Crippen LogP contribution in [0.4, 0.5) is 17.1 Å². The number of nitrogens with zero attached hydrogens (tertiary/aromatic N) is 5. The Bertz CT molecular complexity index is 1280. The van der Waals surface area contributed by atoms with Gasteiger partial charge in [0, 0.05) is 50.6 Å². The van der Waals surface area contributed by atoms with Gasteiger partial charge in [-0.2, -0.15) is 0 Å². The van der Waals surface area contributed by atoms with Crippen LogP contribution < -0.4 is 10.2 Å².